The third-order valence-corrected chi connectivity index (χ3v) is 4.13. The Balaban J connectivity index is 1.85. The number of esters is 1. The molecule has 1 aromatic carbocycles. The highest BCUT2D eigenvalue weighted by Gasteiger charge is 2.11. The van der Waals surface area contributed by atoms with E-state index >= 15 is 0 Å². The molecular weight excluding hydrogens is 340 g/mol. The summed E-state index contributed by atoms with van der Waals surface area (Å²) in [5.41, 5.74) is 1.60. The largest absolute Gasteiger partial charge is 0.494 e. The van der Waals surface area contributed by atoms with E-state index in [9.17, 15) is 9.59 Å². The van der Waals surface area contributed by atoms with E-state index in [1.165, 1.54) is 11.3 Å². The molecule has 0 atom stereocenters. The second kappa shape index (κ2) is 9.78. The van der Waals surface area contributed by atoms with Crippen LogP contribution >= 0.6 is 11.3 Å². The van der Waals surface area contributed by atoms with Crippen molar-refractivity contribution in [1.82, 2.24) is 4.98 Å². The first-order chi connectivity index (χ1) is 12.1. The van der Waals surface area contributed by atoms with Gasteiger partial charge in [0.2, 0.25) is 5.91 Å². The molecular formula is C18H22N2O4S. The summed E-state index contributed by atoms with van der Waals surface area (Å²) in [6.07, 6.45) is 1.03. The van der Waals surface area contributed by atoms with E-state index in [-0.39, 0.29) is 18.3 Å². The maximum atomic E-state index is 12.1. The number of nitrogens with one attached hydrogen (secondary N) is 1. The van der Waals surface area contributed by atoms with Crippen LogP contribution < -0.4 is 10.1 Å². The minimum atomic E-state index is -0.321. The van der Waals surface area contributed by atoms with Gasteiger partial charge in [-0.15, -0.1) is 11.3 Å². The molecule has 0 fully saturated rings. The summed E-state index contributed by atoms with van der Waals surface area (Å²) in [5.74, 6) is 0.366. The minimum absolute atomic E-state index is 0.113. The van der Waals surface area contributed by atoms with Gasteiger partial charge in [0.25, 0.3) is 0 Å². The second-order valence-electron chi connectivity index (χ2n) is 5.21. The third-order valence-electron chi connectivity index (χ3n) is 3.32. The molecule has 0 aliphatic rings. The fourth-order valence-corrected chi connectivity index (χ4v) is 2.97. The van der Waals surface area contributed by atoms with Crippen molar-refractivity contribution in [1.29, 1.82) is 0 Å². The number of aryl methyl sites for hydroxylation is 1. The number of anilines is 1. The lowest BCUT2D eigenvalue weighted by Gasteiger charge is -2.09. The summed E-state index contributed by atoms with van der Waals surface area (Å²) in [5, 5.41) is 5.00. The zero-order valence-corrected chi connectivity index (χ0v) is 15.2. The smallest absolute Gasteiger partial charge is 0.311 e. The Labute approximate surface area is 151 Å². The first-order valence-corrected chi connectivity index (χ1v) is 9.10. The number of hydrogen-bond acceptors (Lipinski definition) is 6. The molecule has 1 N–H and O–H groups in total. The molecule has 1 heterocycles. The standard InChI is InChI=1S/C18H22N2O4S/c1-3-23-15-8-6-5-7-13(15)9-10-16(21)20-18-19-14(12-25-18)11-17(22)24-4-2/h5-8,12H,3-4,9-11H2,1-2H3,(H,19,20,21). The summed E-state index contributed by atoms with van der Waals surface area (Å²) >= 11 is 1.30. The molecule has 134 valence electrons. The number of nitrogens with zero attached hydrogens (tertiary/aromatic N) is 1. The fourth-order valence-electron chi connectivity index (χ4n) is 2.24. The fraction of sp³-hybridized carbons (Fsp3) is 0.389. The number of carbonyl (C=O) groups excluding carboxylic acids is 2. The molecule has 1 amide bonds. The van der Waals surface area contributed by atoms with Gasteiger partial charge in [-0.25, -0.2) is 4.98 Å². The molecule has 7 heteroatoms. The van der Waals surface area contributed by atoms with Crippen molar-refractivity contribution in [3.05, 3.63) is 40.9 Å². The van der Waals surface area contributed by atoms with Crippen molar-refractivity contribution < 1.29 is 19.1 Å². The van der Waals surface area contributed by atoms with Crippen molar-refractivity contribution >= 4 is 28.3 Å². The second-order valence-corrected chi connectivity index (χ2v) is 6.07. The predicted octanol–water partition coefficient (Wildman–Crippen LogP) is 3.22. The number of aromatic nitrogens is 1. The van der Waals surface area contributed by atoms with Gasteiger partial charge in [0.05, 0.1) is 25.3 Å². The average Bonchev–Trinajstić information content (AvgIpc) is 3.01. The van der Waals surface area contributed by atoms with E-state index in [4.69, 9.17) is 9.47 Å². The first-order valence-electron chi connectivity index (χ1n) is 8.23. The SMILES string of the molecule is CCOC(=O)Cc1csc(NC(=O)CCc2ccccc2OCC)n1. The normalized spacial score (nSPS) is 10.3. The quantitative estimate of drug-likeness (QED) is 0.693. The maximum Gasteiger partial charge on any atom is 0.311 e. The number of hydrogen-bond donors (Lipinski definition) is 1. The molecule has 0 radical (unpaired) electrons. The molecule has 0 aliphatic carbocycles. The van der Waals surface area contributed by atoms with Gasteiger partial charge in [0.1, 0.15) is 5.75 Å². The van der Waals surface area contributed by atoms with Crippen LogP contribution in [0.25, 0.3) is 0 Å². The van der Waals surface area contributed by atoms with E-state index in [0.717, 1.165) is 11.3 Å². The highest BCUT2D eigenvalue weighted by molar-refractivity contribution is 7.13. The number of thiazole rings is 1. The van der Waals surface area contributed by atoms with Crippen LogP contribution in [0, 0.1) is 0 Å². The number of rotatable bonds is 9. The number of para-hydroxylation sites is 1. The molecule has 2 rings (SSSR count). The van der Waals surface area contributed by atoms with Crippen molar-refractivity contribution in [3.8, 4) is 5.75 Å². The topological polar surface area (TPSA) is 77.5 Å². The Morgan fingerprint density at radius 2 is 2.00 bits per heavy atom. The third kappa shape index (κ3) is 6.19. The van der Waals surface area contributed by atoms with E-state index in [1.807, 2.05) is 31.2 Å². The Morgan fingerprint density at radius 3 is 2.76 bits per heavy atom. The first kappa shape index (κ1) is 18.9. The van der Waals surface area contributed by atoms with Gasteiger partial charge in [-0.3, -0.25) is 9.59 Å². The molecule has 25 heavy (non-hydrogen) atoms. The molecule has 0 unspecified atom stereocenters. The van der Waals surface area contributed by atoms with Crippen LogP contribution in [0.15, 0.2) is 29.6 Å². The summed E-state index contributed by atoms with van der Waals surface area (Å²) in [4.78, 5) is 27.8. The molecule has 1 aromatic heterocycles. The Kier molecular flexibility index (Phi) is 7.40. The van der Waals surface area contributed by atoms with Crippen molar-refractivity contribution in [2.24, 2.45) is 0 Å². The Hall–Kier alpha value is -2.41. The average molecular weight is 362 g/mol. The van der Waals surface area contributed by atoms with Gasteiger partial charge in [-0.05, 0) is 31.9 Å². The molecule has 0 aliphatic heterocycles. The maximum absolute atomic E-state index is 12.1. The van der Waals surface area contributed by atoms with E-state index in [0.29, 0.717) is 36.9 Å². The van der Waals surface area contributed by atoms with Crippen LogP contribution in [0.4, 0.5) is 5.13 Å². The molecule has 0 saturated heterocycles. The van der Waals surface area contributed by atoms with E-state index < -0.39 is 0 Å². The summed E-state index contributed by atoms with van der Waals surface area (Å²) in [6, 6.07) is 7.70. The molecule has 6 nitrogen and oxygen atoms in total. The van der Waals surface area contributed by atoms with Gasteiger partial charge >= 0.3 is 5.97 Å². The van der Waals surface area contributed by atoms with Gasteiger partial charge in [-0.1, -0.05) is 18.2 Å². The van der Waals surface area contributed by atoms with Crippen molar-refractivity contribution in [2.75, 3.05) is 18.5 Å². The lowest BCUT2D eigenvalue weighted by atomic mass is 10.1. The molecule has 0 bridgehead atoms. The van der Waals surface area contributed by atoms with Crippen LogP contribution in [0.1, 0.15) is 31.5 Å². The Bertz CT molecular complexity index is 715. The summed E-state index contributed by atoms with van der Waals surface area (Å²) < 4.78 is 10.4. The lowest BCUT2D eigenvalue weighted by Crippen LogP contribution is -2.13. The van der Waals surface area contributed by atoms with Crippen LogP contribution in [0.3, 0.4) is 0 Å². The van der Waals surface area contributed by atoms with Gasteiger partial charge < -0.3 is 14.8 Å². The number of ether oxygens (including phenoxy) is 2. The van der Waals surface area contributed by atoms with Gasteiger partial charge in [0.15, 0.2) is 5.13 Å². The van der Waals surface area contributed by atoms with E-state index in [2.05, 4.69) is 10.3 Å². The number of amides is 1. The lowest BCUT2D eigenvalue weighted by molar-refractivity contribution is -0.142. The van der Waals surface area contributed by atoms with Gasteiger partial charge in [0, 0.05) is 11.8 Å². The molecule has 0 spiro atoms. The van der Waals surface area contributed by atoms with Crippen LogP contribution in [-0.4, -0.2) is 30.1 Å². The summed E-state index contributed by atoms with van der Waals surface area (Å²) in [6.45, 7) is 4.62. The van der Waals surface area contributed by atoms with Crippen LogP contribution in [0.2, 0.25) is 0 Å². The summed E-state index contributed by atoms with van der Waals surface area (Å²) in [7, 11) is 0. The molecule has 0 saturated carbocycles. The van der Waals surface area contributed by atoms with E-state index in [1.54, 1.807) is 12.3 Å². The highest BCUT2D eigenvalue weighted by atomic mass is 32.1. The van der Waals surface area contributed by atoms with Crippen molar-refractivity contribution in [3.63, 3.8) is 0 Å². The zero-order chi connectivity index (χ0) is 18.1. The monoisotopic (exact) mass is 362 g/mol. The minimum Gasteiger partial charge on any atom is -0.494 e. The van der Waals surface area contributed by atoms with Crippen LogP contribution in [-0.2, 0) is 27.2 Å². The van der Waals surface area contributed by atoms with Crippen LogP contribution in [0.5, 0.6) is 5.75 Å². The highest BCUT2D eigenvalue weighted by Crippen LogP contribution is 2.20. The van der Waals surface area contributed by atoms with Gasteiger partial charge in [-0.2, -0.15) is 0 Å². The number of carbonyl (C=O) groups is 2. The number of benzene rings is 1. The zero-order valence-electron chi connectivity index (χ0n) is 14.4. The van der Waals surface area contributed by atoms with Crippen molar-refractivity contribution in [2.45, 2.75) is 33.1 Å². The Morgan fingerprint density at radius 1 is 1.20 bits per heavy atom. The molecule has 2 aromatic rings. The predicted molar refractivity (Wildman–Crippen MR) is 97.0 cm³/mol.